The summed E-state index contributed by atoms with van der Waals surface area (Å²) in [5.41, 5.74) is 4.22. The maximum atomic E-state index is 12.5. The van der Waals surface area contributed by atoms with Crippen molar-refractivity contribution in [3.63, 3.8) is 0 Å². The second kappa shape index (κ2) is 3.36. The lowest BCUT2D eigenvalue weighted by molar-refractivity contribution is -0.139. The molecule has 3 nitrogen and oxygen atoms in total. The van der Waals surface area contributed by atoms with Gasteiger partial charge in [-0.25, -0.2) is 4.98 Å². The van der Waals surface area contributed by atoms with Gasteiger partial charge in [-0.1, -0.05) is 0 Å². The average Bonchev–Trinajstić information content (AvgIpc) is 1.99. The molecule has 0 spiro atoms. The molecule has 0 aliphatic carbocycles. The largest absolute Gasteiger partial charge is 0.496 e. The Morgan fingerprint density at radius 1 is 1.43 bits per heavy atom. The van der Waals surface area contributed by atoms with Crippen molar-refractivity contribution in [1.82, 2.24) is 4.98 Å². The molecular formula is C8H9F3N2O. The summed E-state index contributed by atoms with van der Waals surface area (Å²) in [7, 11) is 1.16. The van der Waals surface area contributed by atoms with Crippen LogP contribution in [0.25, 0.3) is 0 Å². The summed E-state index contributed by atoms with van der Waals surface area (Å²) in [6, 6.07) is 1.05. The van der Waals surface area contributed by atoms with Crippen LogP contribution in [0.15, 0.2) is 6.07 Å². The lowest BCUT2D eigenvalue weighted by atomic mass is 10.1. The van der Waals surface area contributed by atoms with Crippen LogP contribution in [0.1, 0.15) is 11.3 Å². The molecule has 0 unspecified atom stereocenters. The first-order chi connectivity index (χ1) is 6.36. The topological polar surface area (TPSA) is 48.1 Å². The van der Waals surface area contributed by atoms with E-state index in [2.05, 4.69) is 9.72 Å². The van der Waals surface area contributed by atoms with Gasteiger partial charge < -0.3 is 10.5 Å². The van der Waals surface area contributed by atoms with Crippen molar-refractivity contribution in [3.05, 3.63) is 17.3 Å². The van der Waals surface area contributed by atoms with Crippen LogP contribution in [-0.2, 0) is 6.18 Å². The van der Waals surface area contributed by atoms with E-state index >= 15 is 0 Å². The van der Waals surface area contributed by atoms with Gasteiger partial charge in [-0.05, 0) is 6.92 Å². The number of halogens is 3. The van der Waals surface area contributed by atoms with Crippen LogP contribution in [0.2, 0.25) is 0 Å². The number of nitrogen functional groups attached to an aromatic ring is 1. The van der Waals surface area contributed by atoms with Crippen molar-refractivity contribution in [3.8, 4) is 5.75 Å². The number of methoxy groups -OCH3 is 1. The summed E-state index contributed by atoms with van der Waals surface area (Å²) in [6.07, 6.45) is -4.48. The van der Waals surface area contributed by atoms with E-state index in [1.807, 2.05) is 0 Å². The molecule has 0 saturated heterocycles. The summed E-state index contributed by atoms with van der Waals surface area (Å²) < 4.78 is 42.0. The normalized spacial score (nSPS) is 11.5. The van der Waals surface area contributed by atoms with E-state index < -0.39 is 11.7 Å². The van der Waals surface area contributed by atoms with Crippen molar-refractivity contribution in [2.75, 3.05) is 12.8 Å². The van der Waals surface area contributed by atoms with Crippen molar-refractivity contribution in [2.45, 2.75) is 13.1 Å². The Morgan fingerprint density at radius 3 is 2.43 bits per heavy atom. The van der Waals surface area contributed by atoms with Gasteiger partial charge in [0.05, 0.1) is 12.8 Å². The highest BCUT2D eigenvalue weighted by molar-refractivity contribution is 5.46. The molecule has 0 aliphatic heterocycles. The molecule has 0 fully saturated rings. The van der Waals surface area contributed by atoms with Gasteiger partial charge in [0.2, 0.25) is 0 Å². The van der Waals surface area contributed by atoms with Gasteiger partial charge in [-0.3, -0.25) is 0 Å². The second-order valence-electron chi connectivity index (χ2n) is 2.71. The first-order valence-electron chi connectivity index (χ1n) is 3.74. The van der Waals surface area contributed by atoms with E-state index in [4.69, 9.17) is 5.73 Å². The molecule has 78 valence electrons. The summed E-state index contributed by atoms with van der Waals surface area (Å²) in [6.45, 7) is 1.24. The highest BCUT2D eigenvalue weighted by Crippen LogP contribution is 2.38. The molecule has 14 heavy (non-hydrogen) atoms. The van der Waals surface area contributed by atoms with Crippen molar-refractivity contribution in [2.24, 2.45) is 0 Å². The number of anilines is 1. The van der Waals surface area contributed by atoms with Crippen molar-refractivity contribution < 1.29 is 17.9 Å². The van der Waals surface area contributed by atoms with Crippen molar-refractivity contribution >= 4 is 5.82 Å². The number of ether oxygens (including phenoxy) is 1. The monoisotopic (exact) mass is 206 g/mol. The molecule has 0 aromatic carbocycles. The highest BCUT2D eigenvalue weighted by atomic mass is 19.4. The number of nitrogens with zero attached hydrogens (tertiary/aromatic N) is 1. The fourth-order valence-corrected chi connectivity index (χ4v) is 1.17. The van der Waals surface area contributed by atoms with E-state index in [0.717, 1.165) is 13.2 Å². The van der Waals surface area contributed by atoms with Crippen LogP contribution >= 0.6 is 0 Å². The number of nitrogens with two attached hydrogens (primary N) is 1. The van der Waals surface area contributed by atoms with Crippen LogP contribution in [0.5, 0.6) is 5.75 Å². The van der Waals surface area contributed by atoms with Gasteiger partial charge in [-0.2, -0.15) is 13.2 Å². The third-order valence-electron chi connectivity index (χ3n) is 1.69. The molecule has 1 heterocycles. The van der Waals surface area contributed by atoms with Gasteiger partial charge in [0.1, 0.15) is 17.1 Å². The number of alkyl halides is 3. The molecule has 2 N–H and O–H groups in total. The minimum Gasteiger partial charge on any atom is -0.496 e. The van der Waals surface area contributed by atoms with E-state index in [0.29, 0.717) is 0 Å². The molecular weight excluding hydrogens is 197 g/mol. The van der Waals surface area contributed by atoms with Crippen LogP contribution in [0, 0.1) is 6.92 Å². The number of aryl methyl sites for hydroxylation is 1. The number of aromatic nitrogens is 1. The quantitative estimate of drug-likeness (QED) is 0.764. The fourth-order valence-electron chi connectivity index (χ4n) is 1.17. The SMILES string of the molecule is COc1cc(N)nc(C)c1C(F)(F)F. The number of hydrogen-bond acceptors (Lipinski definition) is 3. The van der Waals surface area contributed by atoms with Gasteiger partial charge in [0.15, 0.2) is 0 Å². The fraction of sp³-hybridized carbons (Fsp3) is 0.375. The van der Waals surface area contributed by atoms with Gasteiger partial charge in [0, 0.05) is 6.07 Å². The maximum Gasteiger partial charge on any atom is 0.421 e. The predicted molar refractivity (Wildman–Crippen MR) is 44.9 cm³/mol. The van der Waals surface area contributed by atoms with Crippen LogP contribution in [0.4, 0.5) is 19.0 Å². The van der Waals surface area contributed by atoms with E-state index in [-0.39, 0.29) is 17.3 Å². The minimum atomic E-state index is -4.48. The third kappa shape index (κ3) is 1.89. The number of pyridine rings is 1. The van der Waals surface area contributed by atoms with E-state index in [1.54, 1.807) is 0 Å². The average molecular weight is 206 g/mol. The molecule has 0 atom stereocenters. The second-order valence-corrected chi connectivity index (χ2v) is 2.71. The van der Waals surface area contributed by atoms with E-state index in [1.165, 1.54) is 6.92 Å². The Labute approximate surface area is 78.7 Å². The van der Waals surface area contributed by atoms with Gasteiger partial charge in [-0.15, -0.1) is 0 Å². The Bertz CT molecular complexity index is 349. The maximum absolute atomic E-state index is 12.5. The first kappa shape index (κ1) is 10.6. The summed E-state index contributed by atoms with van der Waals surface area (Å²) in [4.78, 5) is 3.53. The molecule has 0 amide bonds. The molecule has 0 saturated carbocycles. The Hall–Kier alpha value is -1.46. The Kier molecular flexibility index (Phi) is 2.55. The third-order valence-corrected chi connectivity index (χ3v) is 1.69. The molecule has 0 bridgehead atoms. The molecule has 0 aliphatic rings. The molecule has 1 aromatic heterocycles. The zero-order chi connectivity index (χ0) is 10.9. The number of hydrogen-bond donors (Lipinski definition) is 1. The summed E-state index contributed by atoms with van der Waals surface area (Å²) in [5.74, 6) is -0.296. The first-order valence-corrected chi connectivity index (χ1v) is 3.74. The summed E-state index contributed by atoms with van der Waals surface area (Å²) in [5, 5.41) is 0. The van der Waals surface area contributed by atoms with Crippen molar-refractivity contribution in [1.29, 1.82) is 0 Å². The number of rotatable bonds is 1. The van der Waals surface area contributed by atoms with Gasteiger partial charge >= 0.3 is 6.18 Å². The molecule has 1 aromatic rings. The zero-order valence-corrected chi connectivity index (χ0v) is 7.64. The lowest BCUT2D eigenvalue weighted by Gasteiger charge is -2.14. The Morgan fingerprint density at radius 2 is 2.00 bits per heavy atom. The molecule has 1 rings (SSSR count). The summed E-state index contributed by atoms with van der Waals surface area (Å²) >= 11 is 0. The minimum absolute atomic E-state index is 0.00681. The van der Waals surface area contributed by atoms with Crippen LogP contribution < -0.4 is 10.5 Å². The van der Waals surface area contributed by atoms with Crippen LogP contribution in [0.3, 0.4) is 0 Å². The zero-order valence-electron chi connectivity index (χ0n) is 7.64. The lowest BCUT2D eigenvalue weighted by Crippen LogP contribution is -2.12. The van der Waals surface area contributed by atoms with E-state index in [9.17, 15) is 13.2 Å². The molecule has 0 radical (unpaired) electrons. The smallest absolute Gasteiger partial charge is 0.421 e. The molecule has 6 heteroatoms. The van der Waals surface area contributed by atoms with Gasteiger partial charge in [0.25, 0.3) is 0 Å². The predicted octanol–water partition coefficient (Wildman–Crippen LogP) is 2.00. The Balaban J connectivity index is 3.40. The van der Waals surface area contributed by atoms with Crippen LogP contribution in [-0.4, -0.2) is 12.1 Å². The highest BCUT2D eigenvalue weighted by Gasteiger charge is 2.37. The standard InChI is InChI=1S/C8H9F3N2O/c1-4-7(8(9,10)11)5(14-2)3-6(12)13-4/h3H,1-2H3,(H2,12,13).